The molecule has 1 aromatic heterocycles. The van der Waals surface area contributed by atoms with Crippen LogP contribution >= 0.6 is 12.8 Å². The Balaban J connectivity index is 3.05. The van der Waals surface area contributed by atoms with Crippen molar-refractivity contribution in [1.82, 2.24) is 14.2 Å². The van der Waals surface area contributed by atoms with E-state index in [4.69, 9.17) is 0 Å². The normalized spacial score (nSPS) is 8.67. The second kappa shape index (κ2) is 1.22. The number of nitrogens with zero attached hydrogens (tertiary/aromatic N) is 3. The zero-order valence-corrected chi connectivity index (χ0v) is 3.72. The molecule has 6 heavy (non-hydrogen) atoms. The zero-order valence-electron chi connectivity index (χ0n) is 2.90. The highest BCUT2D eigenvalue weighted by Gasteiger charge is 1.73. The van der Waals surface area contributed by atoms with Gasteiger partial charge < -0.3 is 0 Å². The Morgan fingerprint density at radius 1 is 1.67 bits per heavy atom. The van der Waals surface area contributed by atoms with Crippen LogP contribution in [0.25, 0.3) is 0 Å². The lowest BCUT2D eigenvalue weighted by Crippen LogP contribution is -1.73. The molecule has 0 saturated heterocycles. The first-order chi connectivity index (χ1) is 2.89. The second-order valence-electron chi connectivity index (χ2n) is 0.798. The molecule has 0 spiro atoms. The Labute approximate surface area is 40.5 Å². The van der Waals surface area contributed by atoms with E-state index in [-0.39, 0.29) is 0 Å². The lowest BCUT2D eigenvalue weighted by molar-refractivity contribution is 1.02. The number of rotatable bonds is 0. The Morgan fingerprint density at radius 2 is 2.50 bits per heavy atom. The predicted molar refractivity (Wildman–Crippen MR) is 23.0 cm³/mol. The van der Waals surface area contributed by atoms with Crippen molar-refractivity contribution in [2.75, 3.05) is 0 Å². The van der Waals surface area contributed by atoms with E-state index in [1.165, 1.54) is 16.7 Å². The largest absolute Gasteiger partial charge is 0.222 e. The second-order valence-corrected chi connectivity index (χ2v) is 1.17. The van der Waals surface area contributed by atoms with E-state index in [9.17, 15) is 0 Å². The van der Waals surface area contributed by atoms with Gasteiger partial charge in [-0.15, -0.1) is 5.10 Å². The number of hydrogen-bond acceptors (Lipinski definition) is 2. The van der Waals surface area contributed by atoms with Gasteiger partial charge in [0.1, 0.15) is 12.7 Å². The third kappa shape index (κ3) is 0.463. The molecule has 0 amide bonds. The Bertz CT molecular complexity index is 112. The lowest BCUT2D eigenvalue weighted by atomic mass is 11.3. The quantitative estimate of drug-likeness (QED) is 0.467. The third-order valence-electron chi connectivity index (χ3n) is 0.398. The molecule has 31 valence electrons. The highest BCUT2D eigenvalue weighted by molar-refractivity contribution is 7.78. The molecule has 1 radical (unpaired) electrons. The van der Waals surface area contributed by atoms with Gasteiger partial charge >= 0.3 is 0 Å². The Hall–Kier alpha value is -0.640. The van der Waals surface area contributed by atoms with Crippen molar-refractivity contribution in [1.29, 1.82) is 0 Å². The topological polar surface area (TPSA) is 30.7 Å². The van der Waals surface area contributed by atoms with E-state index in [0.29, 0.717) is 0 Å². The molecule has 0 aromatic carbocycles. The molecule has 1 aromatic rings. The average Bonchev–Trinajstić information content (AvgIpc) is 1.86. The van der Waals surface area contributed by atoms with Gasteiger partial charge in [-0.25, -0.2) is 4.98 Å². The Morgan fingerprint density at radius 3 is 2.67 bits per heavy atom. The molecule has 3 nitrogen and oxygen atoms in total. The van der Waals surface area contributed by atoms with Crippen molar-refractivity contribution in [2.24, 2.45) is 0 Å². The molecule has 1 heterocycles. The number of aromatic nitrogens is 3. The van der Waals surface area contributed by atoms with Gasteiger partial charge in [-0.2, -0.15) is 4.09 Å². The third-order valence-corrected chi connectivity index (χ3v) is 0.586. The molecule has 0 unspecified atom stereocenters. The van der Waals surface area contributed by atoms with Crippen molar-refractivity contribution in [3.05, 3.63) is 12.7 Å². The molecule has 0 bridgehead atoms. The molecule has 0 aliphatic heterocycles. The molecule has 0 aliphatic rings. The highest BCUT2D eigenvalue weighted by Crippen LogP contribution is 1.75. The first kappa shape index (κ1) is 3.55. The van der Waals surface area contributed by atoms with E-state index in [1.54, 1.807) is 0 Å². The minimum Gasteiger partial charge on any atom is -0.222 e. The van der Waals surface area contributed by atoms with Gasteiger partial charge in [0.05, 0.1) is 0 Å². The zero-order chi connectivity index (χ0) is 4.41. The van der Waals surface area contributed by atoms with E-state index >= 15 is 0 Å². The summed E-state index contributed by atoms with van der Waals surface area (Å²) in [6.07, 6.45) is 2.85. The fourth-order valence-electron chi connectivity index (χ4n) is 0.197. The molecule has 0 fully saturated rings. The molecule has 4 heteroatoms. The first-order valence-electron chi connectivity index (χ1n) is 1.42. The average molecular weight is 100 g/mol. The van der Waals surface area contributed by atoms with Crippen LogP contribution in [0.15, 0.2) is 12.7 Å². The van der Waals surface area contributed by atoms with Gasteiger partial charge in [-0.05, 0) is 0 Å². The highest BCUT2D eigenvalue weighted by atomic mass is 32.1. The molecule has 0 N–H and O–H groups in total. The smallest absolute Gasteiger partial charge is 0.139 e. The van der Waals surface area contributed by atoms with Gasteiger partial charge in [0, 0.05) is 12.8 Å². The summed E-state index contributed by atoms with van der Waals surface area (Å²) in [5.74, 6) is 0. The maximum absolute atomic E-state index is 4.49. The van der Waals surface area contributed by atoms with E-state index in [1.807, 2.05) is 0 Å². The van der Waals surface area contributed by atoms with Crippen LogP contribution in [0.4, 0.5) is 0 Å². The van der Waals surface area contributed by atoms with Crippen LogP contribution in [0.1, 0.15) is 0 Å². The van der Waals surface area contributed by atoms with Crippen molar-refractivity contribution in [3.8, 4) is 0 Å². The van der Waals surface area contributed by atoms with Crippen LogP contribution in [-0.2, 0) is 0 Å². The van der Waals surface area contributed by atoms with Crippen LogP contribution in [0.5, 0.6) is 0 Å². The van der Waals surface area contributed by atoms with Gasteiger partial charge in [0.15, 0.2) is 0 Å². The van der Waals surface area contributed by atoms with E-state index in [0.717, 1.165) is 0 Å². The summed E-state index contributed by atoms with van der Waals surface area (Å²) >= 11 is 4.49. The van der Waals surface area contributed by atoms with E-state index in [2.05, 4.69) is 22.9 Å². The maximum atomic E-state index is 4.49. The van der Waals surface area contributed by atoms with Crippen molar-refractivity contribution in [3.63, 3.8) is 0 Å². The fourth-order valence-corrected chi connectivity index (χ4v) is 0.294. The van der Waals surface area contributed by atoms with Crippen molar-refractivity contribution < 1.29 is 0 Å². The van der Waals surface area contributed by atoms with Crippen molar-refractivity contribution in [2.45, 2.75) is 0 Å². The Kier molecular flexibility index (Phi) is 0.719. The fraction of sp³-hybridized carbons (Fsp3) is 0. The van der Waals surface area contributed by atoms with Gasteiger partial charge in [0.25, 0.3) is 0 Å². The monoisotopic (exact) mass is 100.0 g/mol. The summed E-state index contributed by atoms with van der Waals surface area (Å²) < 4.78 is 1.22. The molecule has 0 saturated carbocycles. The summed E-state index contributed by atoms with van der Waals surface area (Å²) in [6, 6.07) is 0. The van der Waals surface area contributed by atoms with E-state index < -0.39 is 0 Å². The number of hydrogen-bond donors (Lipinski definition) is 0. The van der Waals surface area contributed by atoms with Crippen LogP contribution in [0.3, 0.4) is 0 Å². The van der Waals surface area contributed by atoms with Crippen LogP contribution < -0.4 is 0 Å². The van der Waals surface area contributed by atoms with Crippen LogP contribution in [-0.4, -0.2) is 14.2 Å². The molecule has 1 rings (SSSR count). The molecule has 0 aliphatic carbocycles. The molecular weight excluding hydrogens is 98.1 g/mol. The molecule has 0 atom stereocenters. The summed E-state index contributed by atoms with van der Waals surface area (Å²) in [4.78, 5) is 3.57. The van der Waals surface area contributed by atoms with Gasteiger partial charge in [-0.3, -0.25) is 0 Å². The summed E-state index contributed by atoms with van der Waals surface area (Å²) in [6.45, 7) is 0. The van der Waals surface area contributed by atoms with Gasteiger partial charge in [0.2, 0.25) is 0 Å². The minimum absolute atomic E-state index is 1.22. The standard InChI is InChI=1S/C2H2N3S/c6-5-2-3-1-4-5/h1-2H. The first-order valence-corrected chi connectivity index (χ1v) is 1.78. The van der Waals surface area contributed by atoms with Crippen LogP contribution in [0, 0.1) is 0 Å². The molecular formula is C2H2N3S. The predicted octanol–water partition coefficient (Wildman–Crippen LogP) is 0.239. The summed E-state index contributed by atoms with van der Waals surface area (Å²) in [7, 11) is 0. The lowest BCUT2D eigenvalue weighted by Gasteiger charge is -1.69. The van der Waals surface area contributed by atoms with Gasteiger partial charge in [-0.1, -0.05) is 0 Å². The summed E-state index contributed by atoms with van der Waals surface area (Å²) in [5, 5.41) is 3.54. The summed E-state index contributed by atoms with van der Waals surface area (Å²) in [5.41, 5.74) is 0. The van der Waals surface area contributed by atoms with Crippen molar-refractivity contribution >= 4 is 12.8 Å². The minimum atomic E-state index is 1.22. The van der Waals surface area contributed by atoms with Crippen LogP contribution in [0.2, 0.25) is 0 Å². The SMILES string of the molecule is [S]n1cncn1. The maximum Gasteiger partial charge on any atom is 0.139 e.